The van der Waals surface area contributed by atoms with E-state index in [2.05, 4.69) is 40.5 Å². The van der Waals surface area contributed by atoms with Gasteiger partial charge in [0.25, 0.3) is 0 Å². The van der Waals surface area contributed by atoms with Crippen LogP contribution in [0.2, 0.25) is 0 Å². The second-order valence-corrected chi connectivity index (χ2v) is 5.96. The van der Waals surface area contributed by atoms with Crippen LogP contribution in [-0.2, 0) is 0 Å². The summed E-state index contributed by atoms with van der Waals surface area (Å²) in [4.78, 5) is 2.55. The predicted octanol–water partition coefficient (Wildman–Crippen LogP) is 3.33. The molecule has 1 fully saturated rings. The van der Waals surface area contributed by atoms with E-state index in [4.69, 9.17) is 0 Å². The number of aromatic hydroxyl groups is 1. The van der Waals surface area contributed by atoms with Crippen LogP contribution in [-0.4, -0.2) is 36.2 Å². The number of phenolic OH excluding ortho intramolecular Hbond substituents is 1. The highest BCUT2D eigenvalue weighted by Crippen LogP contribution is 2.43. The molecule has 4 rings (SSSR count). The monoisotopic (exact) mass is 352 g/mol. The molecule has 2 heterocycles. The topological polar surface area (TPSA) is 35.5 Å². The maximum Gasteiger partial charge on any atom is 0.119 e. The molecule has 2 aromatic carbocycles. The van der Waals surface area contributed by atoms with E-state index < -0.39 is 0 Å². The van der Waals surface area contributed by atoms with Crippen molar-refractivity contribution in [2.24, 2.45) is 0 Å². The first-order chi connectivity index (χ1) is 10.3. The Hall–Kier alpha value is -1.26. The Morgan fingerprint density at radius 2 is 1.78 bits per heavy atom. The van der Waals surface area contributed by atoms with Gasteiger partial charge in [0.15, 0.2) is 0 Å². The lowest BCUT2D eigenvalue weighted by atomic mass is 9.80. The van der Waals surface area contributed by atoms with Crippen LogP contribution < -0.4 is 5.32 Å². The number of phenols is 1. The lowest BCUT2D eigenvalue weighted by Gasteiger charge is -2.44. The van der Waals surface area contributed by atoms with Gasteiger partial charge in [-0.05, 0) is 17.2 Å². The zero-order valence-corrected chi connectivity index (χ0v) is 14.4. The molecule has 23 heavy (non-hydrogen) atoms. The summed E-state index contributed by atoms with van der Waals surface area (Å²) in [6.45, 7) is 4.08. The molecule has 0 saturated carbocycles. The highest BCUT2D eigenvalue weighted by Gasteiger charge is 2.36. The molecule has 2 N–H and O–H groups in total. The zero-order valence-electron chi connectivity index (χ0n) is 12.8. The van der Waals surface area contributed by atoms with Gasteiger partial charge in [-0.2, -0.15) is 0 Å². The van der Waals surface area contributed by atoms with Gasteiger partial charge in [0, 0.05) is 43.7 Å². The molecular weight excluding hydrogens is 331 g/mol. The van der Waals surface area contributed by atoms with Crippen LogP contribution in [0.1, 0.15) is 28.7 Å². The summed E-state index contributed by atoms with van der Waals surface area (Å²) < 4.78 is 0. The molecule has 0 aromatic heterocycles. The summed E-state index contributed by atoms with van der Waals surface area (Å²) in [5, 5.41) is 13.9. The number of halogens is 2. The molecule has 0 radical (unpaired) electrons. The van der Waals surface area contributed by atoms with Crippen molar-refractivity contribution in [2.45, 2.75) is 12.0 Å². The van der Waals surface area contributed by atoms with Crippen molar-refractivity contribution in [1.29, 1.82) is 0 Å². The van der Waals surface area contributed by atoms with Gasteiger partial charge in [-0.3, -0.25) is 4.90 Å². The van der Waals surface area contributed by atoms with Crippen LogP contribution in [0.5, 0.6) is 5.75 Å². The molecule has 3 nitrogen and oxygen atoms in total. The molecule has 0 amide bonds. The van der Waals surface area contributed by atoms with Gasteiger partial charge >= 0.3 is 0 Å². The average Bonchev–Trinajstić information content (AvgIpc) is 2.55. The molecular formula is C18H22Cl2N2O. The minimum Gasteiger partial charge on any atom is -0.508 e. The third kappa shape index (κ3) is 3.20. The second-order valence-electron chi connectivity index (χ2n) is 5.96. The van der Waals surface area contributed by atoms with Crippen molar-refractivity contribution in [3.8, 4) is 5.75 Å². The first-order valence-corrected chi connectivity index (χ1v) is 7.66. The largest absolute Gasteiger partial charge is 0.508 e. The van der Waals surface area contributed by atoms with Crippen molar-refractivity contribution in [1.82, 2.24) is 10.2 Å². The lowest BCUT2D eigenvalue weighted by Crippen LogP contribution is -2.50. The molecule has 124 valence electrons. The van der Waals surface area contributed by atoms with Gasteiger partial charge in [-0.1, -0.05) is 42.5 Å². The highest BCUT2D eigenvalue weighted by molar-refractivity contribution is 5.85. The van der Waals surface area contributed by atoms with Gasteiger partial charge < -0.3 is 10.4 Å². The Kier molecular flexibility index (Phi) is 5.93. The van der Waals surface area contributed by atoms with E-state index in [9.17, 15) is 5.11 Å². The number of benzene rings is 2. The predicted molar refractivity (Wildman–Crippen MR) is 98.1 cm³/mol. The van der Waals surface area contributed by atoms with Crippen LogP contribution in [0.25, 0.3) is 0 Å². The first kappa shape index (κ1) is 18.1. The van der Waals surface area contributed by atoms with Gasteiger partial charge in [0.05, 0.1) is 0 Å². The van der Waals surface area contributed by atoms with Gasteiger partial charge in [0.1, 0.15) is 5.75 Å². The Bertz CT molecular complexity index is 651. The Balaban J connectivity index is 0.000000960. The minimum atomic E-state index is 0. The number of nitrogens with zero attached hydrogens (tertiary/aromatic N) is 1. The van der Waals surface area contributed by atoms with Gasteiger partial charge in [-0.15, -0.1) is 24.8 Å². The third-order valence-corrected chi connectivity index (χ3v) is 4.80. The Morgan fingerprint density at radius 1 is 1.00 bits per heavy atom. The zero-order chi connectivity index (χ0) is 14.2. The number of hydrogen-bond donors (Lipinski definition) is 2. The maximum atomic E-state index is 10.4. The summed E-state index contributed by atoms with van der Waals surface area (Å²) in [6, 6.07) is 16.9. The fourth-order valence-electron chi connectivity index (χ4n) is 3.80. The normalized spacial score (nSPS) is 23.0. The average molecular weight is 353 g/mol. The van der Waals surface area contributed by atoms with E-state index >= 15 is 0 Å². The lowest BCUT2D eigenvalue weighted by molar-refractivity contribution is 0.142. The smallest absolute Gasteiger partial charge is 0.119 e. The molecule has 2 aliphatic heterocycles. The third-order valence-electron chi connectivity index (χ3n) is 4.80. The SMILES string of the molecule is Cl.Cl.Oc1cccc2c1[C@H](c1ccccc1)CN1CCNC[C@@H]21. The van der Waals surface area contributed by atoms with Crippen molar-refractivity contribution < 1.29 is 5.11 Å². The molecule has 1 saturated heterocycles. The van der Waals surface area contributed by atoms with Crippen molar-refractivity contribution in [3.05, 3.63) is 65.2 Å². The fourth-order valence-corrected chi connectivity index (χ4v) is 3.80. The molecule has 0 spiro atoms. The summed E-state index contributed by atoms with van der Waals surface area (Å²) in [5.74, 6) is 0.698. The Labute approximate surface area is 149 Å². The number of nitrogens with one attached hydrogen (secondary N) is 1. The standard InChI is InChI=1S/C18H20N2O.2ClH/c21-17-8-4-7-14-16-11-19-9-10-20(16)12-15(18(14)17)13-5-2-1-3-6-13;;/h1-8,15-16,19,21H,9-12H2;2*1H/t15-,16-;;/m0../s1. The maximum absolute atomic E-state index is 10.4. The minimum absolute atomic E-state index is 0. The highest BCUT2D eigenvalue weighted by atomic mass is 35.5. The van der Waals surface area contributed by atoms with Gasteiger partial charge in [0.2, 0.25) is 0 Å². The van der Waals surface area contributed by atoms with Crippen LogP contribution in [0.4, 0.5) is 0 Å². The number of fused-ring (bicyclic) bond motifs is 3. The molecule has 5 heteroatoms. The van der Waals surface area contributed by atoms with E-state index in [1.54, 1.807) is 0 Å². The van der Waals surface area contributed by atoms with Crippen LogP contribution in [0.3, 0.4) is 0 Å². The van der Waals surface area contributed by atoms with E-state index in [0.29, 0.717) is 11.8 Å². The van der Waals surface area contributed by atoms with Gasteiger partial charge in [-0.25, -0.2) is 0 Å². The van der Waals surface area contributed by atoms with Crippen molar-refractivity contribution in [2.75, 3.05) is 26.2 Å². The molecule has 0 aliphatic carbocycles. The van der Waals surface area contributed by atoms with E-state index in [1.807, 2.05) is 18.2 Å². The fraction of sp³-hybridized carbons (Fsp3) is 0.333. The van der Waals surface area contributed by atoms with Crippen molar-refractivity contribution in [3.63, 3.8) is 0 Å². The molecule has 0 unspecified atom stereocenters. The quantitative estimate of drug-likeness (QED) is 0.826. The summed E-state index contributed by atoms with van der Waals surface area (Å²) in [7, 11) is 0. The second kappa shape index (κ2) is 7.54. The summed E-state index contributed by atoms with van der Waals surface area (Å²) in [5.41, 5.74) is 3.69. The summed E-state index contributed by atoms with van der Waals surface area (Å²) >= 11 is 0. The number of hydrogen-bond acceptors (Lipinski definition) is 3. The van der Waals surface area contributed by atoms with E-state index in [1.165, 1.54) is 11.1 Å². The number of piperazine rings is 1. The van der Waals surface area contributed by atoms with Crippen molar-refractivity contribution >= 4 is 24.8 Å². The summed E-state index contributed by atoms with van der Waals surface area (Å²) in [6.07, 6.45) is 0. The van der Waals surface area contributed by atoms with Crippen LogP contribution in [0, 0.1) is 0 Å². The van der Waals surface area contributed by atoms with E-state index in [0.717, 1.165) is 31.7 Å². The molecule has 0 bridgehead atoms. The molecule has 2 aliphatic rings. The molecule has 2 aromatic rings. The molecule has 2 atom stereocenters. The van der Waals surface area contributed by atoms with Crippen LogP contribution in [0.15, 0.2) is 48.5 Å². The van der Waals surface area contributed by atoms with Crippen LogP contribution >= 0.6 is 24.8 Å². The van der Waals surface area contributed by atoms with E-state index in [-0.39, 0.29) is 30.7 Å². The first-order valence-electron chi connectivity index (χ1n) is 7.66. The number of rotatable bonds is 1. The Morgan fingerprint density at radius 3 is 2.57 bits per heavy atom.